The molecule has 0 aliphatic heterocycles. The van der Waals surface area contributed by atoms with Gasteiger partial charge < -0.3 is 15.7 Å². The SMILES string of the molecule is CCCCCCN[C@@H](CS)C(=O)N[C@@H](CS)C(=O)O. The molecule has 0 aliphatic carbocycles. The summed E-state index contributed by atoms with van der Waals surface area (Å²) < 4.78 is 0. The van der Waals surface area contributed by atoms with Crippen LogP contribution in [0.25, 0.3) is 0 Å². The number of rotatable bonds is 11. The number of aliphatic carboxylic acids is 1. The van der Waals surface area contributed by atoms with Crippen LogP contribution in [0.4, 0.5) is 0 Å². The number of carbonyl (C=O) groups is 2. The van der Waals surface area contributed by atoms with E-state index in [0.29, 0.717) is 5.75 Å². The predicted molar refractivity (Wildman–Crippen MR) is 83.2 cm³/mol. The van der Waals surface area contributed by atoms with Crippen LogP contribution >= 0.6 is 25.3 Å². The maximum Gasteiger partial charge on any atom is 0.327 e. The zero-order valence-corrected chi connectivity index (χ0v) is 13.1. The lowest BCUT2D eigenvalue weighted by Crippen LogP contribution is -2.51. The molecule has 5 nitrogen and oxygen atoms in total. The van der Waals surface area contributed by atoms with E-state index < -0.39 is 18.1 Å². The number of carboxylic acid groups (broad SMARTS) is 1. The summed E-state index contributed by atoms with van der Waals surface area (Å²) in [5.74, 6) is -1.02. The van der Waals surface area contributed by atoms with E-state index in [1.54, 1.807) is 0 Å². The first-order valence-electron chi connectivity index (χ1n) is 6.55. The topological polar surface area (TPSA) is 78.4 Å². The molecule has 112 valence electrons. The first-order chi connectivity index (χ1) is 9.06. The molecule has 3 N–H and O–H groups in total. The van der Waals surface area contributed by atoms with Crippen LogP contribution in [0.3, 0.4) is 0 Å². The number of hydrogen-bond acceptors (Lipinski definition) is 5. The van der Waals surface area contributed by atoms with Gasteiger partial charge in [0.25, 0.3) is 0 Å². The molecule has 0 aromatic carbocycles. The highest BCUT2D eigenvalue weighted by atomic mass is 32.1. The van der Waals surface area contributed by atoms with Crippen LogP contribution in [-0.2, 0) is 9.59 Å². The number of carboxylic acids is 1. The van der Waals surface area contributed by atoms with Gasteiger partial charge in [-0.15, -0.1) is 0 Å². The third kappa shape index (κ3) is 8.39. The quantitative estimate of drug-likeness (QED) is 0.291. The molecule has 0 bridgehead atoms. The second kappa shape index (κ2) is 11.4. The number of unbranched alkanes of at least 4 members (excludes halogenated alkanes) is 3. The Morgan fingerprint density at radius 3 is 2.21 bits per heavy atom. The van der Waals surface area contributed by atoms with Crippen molar-refractivity contribution in [3.05, 3.63) is 0 Å². The fraction of sp³-hybridized carbons (Fsp3) is 0.833. The van der Waals surface area contributed by atoms with Gasteiger partial charge in [0.2, 0.25) is 5.91 Å². The van der Waals surface area contributed by atoms with Crippen molar-refractivity contribution < 1.29 is 14.7 Å². The molecule has 0 unspecified atom stereocenters. The molecule has 2 atom stereocenters. The molecule has 0 radical (unpaired) electrons. The molecular formula is C12H24N2O3S2. The fourth-order valence-corrected chi connectivity index (χ4v) is 2.07. The first-order valence-corrected chi connectivity index (χ1v) is 7.81. The minimum Gasteiger partial charge on any atom is -0.480 e. The summed E-state index contributed by atoms with van der Waals surface area (Å²) >= 11 is 8.01. The Morgan fingerprint density at radius 1 is 1.11 bits per heavy atom. The predicted octanol–water partition coefficient (Wildman–Crippen LogP) is 0.954. The van der Waals surface area contributed by atoms with E-state index in [-0.39, 0.29) is 11.7 Å². The molecule has 0 rings (SSSR count). The molecule has 0 spiro atoms. The van der Waals surface area contributed by atoms with Crippen LogP contribution in [0.1, 0.15) is 32.6 Å². The van der Waals surface area contributed by atoms with Crippen LogP contribution < -0.4 is 10.6 Å². The normalized spacial score (nSPS) is 13.8. The Morgan fingerprint density at radius 2 is 1.74 bits per heavy atom. The van der Waals surface area contributed by atoms with Gasteiger partial charge in [-0.3, -0.25) is 4.79 Å². The van der Waals surface area contributed by atoms with Crippen molar-refractivity contribution in [3.63, 3.8) is 0 Å². The minimum atomic E-state index is -1.08. The summed E-state index contributed by atoms with van der Waals surface area (Å²) in [4.78, 5) is 22.7. The summed E-state index contributed by atoms with van der Waals surface area (Å²) in [5.41, 5.74) is 0. The molecule has 0 saturated heterocycles. The Balaban J connectivity index is 4.06. The molecule has 0 aromatic heterocycles. The molecule has 0 fully saturated rings. The lowest BCUT2D eigenvalue weighted by atomic mass is 10.2. The number of thiol groups is 2. The first kappa shape index (κ1) is 18.6. The highest BCUT2D eigenvalue weighted by molar-refractivity contribution is 7.80. The third-order valence-electron chi connectivity index (χ3n) is 2.72. The van der Waals surface area contributed by atoms with Crippen LogP contribution in [0.2, 0.25) is 0 Å². The number of amides is 1. The molecule has 19 heavy (non-hydrogen) atoms. The molecule has 0 saturated carbocycles. The third-order valence-corrected chi connectivity index (χ3v) is 3.45. The van der Waals surface area contributed by atoms with Crippen LogP contribution in [0.15, 0.2) is 0 Å². The van der Waals surface area contributed by atoms with E-state index in [4.69, 9.17) is 5.11 Å². The van der Waals surface area contributed by atoms with Gasteiger partial charge in [0.1, 0.15) is 6.04 Å². The van der Waals surface area contributed by atoms with E-state index in [0.717, 1.165) is 19.4 Å². The van der Waals surface area contributed by atoms with E-state index in [1.807, 2.05) is 0 Å². The van der Waals surface area contributed by atoms with Crippen molar-refractivity contribution in [3.8, 4) is 0 Å². The van der Waals surface area contributed by atoms with E-state index in [1.165, 1.54) is 12.8 Å². The van der Waals surface area contributed by atoms with Crippen LogP contribution in [-0.4, -0.2) is 47.1 Å². The molecule has 0 heterocycles. The largest absolute Gasteiger partial charge is 0.480 e. The van der Waals surface area contributed by atoms with Gasteiger partial charge in [-0.05, 0) is 13.0 Å². The zero-order chi connectivity index (χ0) is 14.7. The van der Waals surface area contributed by atoms with Gasteiger partial charge in [-0.1, -0.05) is 26.2 Å². The van der Waals surface area contributed by atoms with E-state index >= 15 is 0 Å². The monoisotopic (exact) mass is 308 g/mol. The van der Waals surface area contributed by atoms with E-state index in [2.05, 4.69) is 42.8 Å². The van der Waals surface area contributed by atoms with Crippen LogP contribution in [0, 0.1) is 0 Å². The number of carbonyl (C=O) groups excluding carboxylic acids is 1. The van der Waals surface area contributed by atoms with Crippen molar-refractivity contribution >= 4 is 37.1 Å². The minimum absolute atomic E-state index is 0.0663. The van der Waals surface area contributed by atoms with Gasteiger partial charge in [0.05, 0.1) is 6.04 Å². The fourth-order valence-electron chi connectivity index (χ4n) is 1.53. The van der Waals surface area contributed by atoms with Crippen molar-refractivity contribution in [2.45, 2.75) is 44.7 Å². The second-order valence-corrected chi connectivity index (χ2v) is 5.06. The van der Waals surface area contributed by atoms with Gasteiger partial charge in [0.15, 0.2) is 0 Å². The average molecular weight is 308 g/mol. The van der Waals surface area contributed by atoms with Crippen molar-refractivity contribution in [1.82, 2.24) is 10.6 Å². The highest BCUT2D eigenvalue weighted by Crippen LogP contribution is 1.99. The highest BCUT2D eigenvalue weighted by Gasteiger charge is 2.22. The summed E-state index contributed by atoms with van der Waals surface area (Å²) in [6, 6.07) is -1.42. The Kier molecular flexibility index (Phi) is 11.2. The molecule has 0 aromatic rings. The Hall–Kier alpha value is -0.400. The lowest BCUT2D eigenvalue weighted by Gasteiger charge is -2.19. The maximum absolute atomic E-state index is 11.8. The Labute approximate surface area is 125 Å². The Bertz CT molecular complexity index is 278. The molecule has 7 heteroatoms. The van der Waals surface area contributed by atoms with Crippen molar-refractivity contribution in [2.24, 2.45) is 0 Å². The summed E-state index contributed by atoms with van der Waals surface area (Å²) in [6.07, 6.45) is 4.47. The lowest BCUT2D eigenvalue weighted by molar-refractivity contribution is -0.141. The molecule has 1 amide bonds. The van der Waals surface area contributed by atoms with Crippen molar-refractivity contribution in [1.29, 1.82) is 0 Å². The van der Waals surface area contributed by atoms with Crippen molar-refractivity contribution in [2.75, 3.05) is 18.1 Å². The second-order valence-electron chi connectivity index (χ2n) is 4.33. The smallest absolute Gasteiger partial charge is 0.327 e. The molecule has 0 aliphatic rings. The van der Waals surface area contributed by atoms with Gasteiger partial charge in [0, 0.05) is 11.5 Å². The average Bonchev–Trinajstić information content (AvgIpc) is 2.39. The number of hydrogen-bond donors (Lipinski definition) is 5. The summed E-state index contributed by atoms with van der Waals surface area (Å²) in [6.45, 7) is 2.87. The van der Waals surface area contributed by atoms with E-state index in [9.17, 15) is 9.59 Å². The van der Waals surface area contributed by atoms with Gasteiger partial charge >= 0.3 is 5.97 Å². The molecular weight excluding hydrogens is 284 g/mol. The summed E-state index contributed by atoms with van der Waals surface area (Å²) in [7, 11) is 0. The van der Waals surface area contributed by atoms with Gasteiger partial charge in [-0.2, -0.15) is 25.3 Å². The maximum atomic E-state index is 11.8. The standard InChI is InChI=1S/C12H24N2O3S2/c1-2-3-4-5-6-13-9(7-18)11(15)14-10(8-19)12(16)17/h9-10,13,18-19H,2-8H2,1H3,(H,14,15)(H,16,17)/t9-,10-/m0/s1. The van der Waals surface area contributed by atoms with Gasteiger partial charge in [-0.25, -0.2) is 4.79 Å². The van der Waals surface area contributed by atoms with Crippen LogP contribution in [0.5, 0.6) is 0 Å². The number of nitrogens with one attached hydrogen (secondary N) is 2. The summed E-state index contributed by atoms with van der Waals surface area (Å²) in [5, 5.41) is 14.4. The zero-order valence-electron chi connectivity index (χ0n) is 11.3.